The fourth-order valence-electron chi connectivity index (χ4n) is 3.82. The summed E-state index contributed by atoms with van der Waals surface area (Å²) in [6.45, 7) is 5.38. The number of amides is 2. The van der Waals surface area contributed by atoms with Crippen molar-refractivity contribution in [2.45, 2.75) is 44.1 Å². The molecule has 1 aromatic carbocycles. The molecular formula is C21H28N2O7S2. The van der Waals surface area contributed by atoms with Gasteiger partial charge in [-0.05, 0) is 36.6 Å². The van der Waals surface area contributed by atoms with Gasteiger partial charge >= 0.3 is 6.09 Å². The molecule has 1 aromatic rings. The second kappa shape index (κ2) is 10.9. The van der Waals surface area contributed by atoms with Gasteiger partial charge in [-0.25, -0.2) is 9.69 Å². The van der Waals surface area contributed by atoms with E-state index < -0.39 is 25.0 Å². The summed E-state index contributed by atoms with van der Waals surface area (Å²) in [5.41, 5.74) is 1.74. The van der Waals surface area contributed by atoms with Crippen LogP contribution in [0.1, 0.15) is 34.8 Å². The first-order valence-electron chi connectivity index (χ1n) is 10.2. The van der Waals surface area contributed by atoms with Gasteiger partial charge in [0.25, 0.3) is 5.91 Å². The lowest BCUT2D eigenvalue weighted by Gasteiger charge is -2.31. The molecule has 9 nitrogen and oxygen atoms in total. The van der Waals surface area contributed by atoms with Crippen molar-refractivity contribution in [1.29, 1.82) is 0 Å². The summed E-state index contributed by atoms with van der Waals surface area (Å²) in [6.07, 6.45) is -1.84. The Labute approximate surface area is 194 Å². The number of hydrogen-bond donors (Lipinski definition) is 4. The molecule has 0 radical (unpaired) electrons. The SMILES string of the molecule is C=C1C[C@H]2C(O)N(C(=O)OC[C@@H](C)SSCCO)c3cc(CO)c(CO)cc3C(=O)N2C1. The molecule has 32 heavy (non-hydrogen) atoms. The first kappa shape index (κ1) is 24.9. The highest BCUT2D eigenvalue weighted by molar-refractivity contribution is 8.76. The van der Waals surface area contributed by atoms with Crippen LogP contribution in [-0.4, -0.2) is 80.4 Å². The maximum Gasteiger partial charge on any atom is 0.416 e. The minimum Gasteiger partial charge on any atom is -0.448 e. The van der Waals surface area contributed by atoms with Gasteiger partial charge in [0.1, 0.15) is 6.61 Å². The predicted molar refractivity (Wildman–Crippen MR) is 123 cm³/mol. The number of rotatable bonds is 8. The number of hydrogen-bond acceptors (Lipinski definition) is 9. The quantitative estimate of drug-likeness (QED) is 0.246. The zero-order chi connectivity index (χ0) is 23.4. The second-order valence-corrected chi connectivity index (χ2v) is 10.6. The number of aliphatic hydroxyl groups is 4. The smallest absolute Gasteiger partial charge is 0.416 e. The Morgan fingerprint density at radius 1 is 1.28 bits per heavy atom. The van der Waals surface area contributed by atoms with E-state index >= 15 is 0 Å². The molecular weight excluding hydrogens is 456 g/mol. The fraction of sp³-hybridized carbons (Fsp3) is 0.524. The Bertz CT molecular complexity index is 882. The van der Waals surface area contributed by atoms with Gasteiger partial charge in [-0.1, -0.05) is 33.7 Å². The molecule has 2 heterocycles. The number of nitrogens with zero attached hydrogens (tertiary/aromatic N) is 2. The van der Waals surface area contributed by atoms with Gasteiger partial charge in [0.05, 0.1) is 37.1 Å². The normalized spacial score (nSPS) is 21.3. The Morgan fingerprint density at radius 2 is 1.97 bits per heavy atom. The van der Waals surface area contributed by atoms with Crippen molar-refractivity contribution in [2.75, 3.05) is 30.4 Å². The molecule has 4 N–H and O–H groups in total. The van der Waals surface area contributed by atoms with Gasteiger partial charge in [-0.2, -0.15) is 0 Å². The molecule has 11 heteroatoms. The van der Waals surface area contributed by atoms with Gasteiger partial charge < -0.3 is 30.1 Å². The first-order chi connectivity index (χ1) is 15.3. The van der Waals surface area contributed by atoms with Crippen molar-refractivity contribution in [2.24, 2.45) is 0 Å². The highest BCUT2D eigenvalue weighted by atomic mass is 33.1. The third kappa shape index (κ3) is 5.08. The minimum absolute atomic E-state index is 0.0567. The van der Waals surface area contributed by atoms with Crippen LogP contribution in [0.2, 0.25) is 0 Å². The lowest BCUT2D eigenvalue weighted by molar-refractivity contribution is 0.0491. The zero-order valence-corrected chi connectivity index (χ0v) is 19.4. The lowest BCUT2D eigenvalue weighted by atomic mass is 10.0. The van der Waals surface area contributed by atoms with Crippen molar-refractivity contribution in [3.63, 3.8) is 0 Å². The minimum atomic E-state index is -1.37. The van der Waals surface area contributed by atoms with Gasteiger partial charge in [-0.3, -0.25) is 4.79 Å². The standard InChI is InChI=1S/C21H28N2O7S2/c1-12-5-18-20(28)23(21(29)30-11-13(2)32-31-4-3-24)17-7-15(10-26)14(9-25)6-16(17)19(27)22(18)8-12/h6-7,13,18,20,24-26,28H,1,3-5,8-11H2,2H3/t13-,18+,20?/m1/s1. The fourth-order valence-corrected chi connectivity index (χ4v) is 5.72. The number of carbonyl (C=O) groups is 2. The molecule has 0 aliphatic carbocycles. The Morgan fingerprint density at radius 3 is 2.62 bits per heavy atom. The number of aliphatic hydroxyl groups excluding tert-OH is 4. The van der Waals surface area contributed by atoms with Crippen LogP contribution in [0.15, 0.2) is 24.3 Å². The van der Waals surface area contributed by atoms with Gasteiger partial charge in [0.2, 0.25) is 0 Å². The van der Waals surface area contributed by atoms with Crippen molar-refractivity contribution in [1.82, 2.24) is 4.90 Å². The number of ether oxygens (including phenoxy) is 1. The average Bonchev–Trinajstić information content (AvgIpc) is 3.15. The van der Waals surface area contributed by atoms with E-state index in [0.717, 1.165) is 10.5 Å². The van der Waals surface area contributed by atoms with E-state index in [4.69, 9.17) is 9.84 Å². The summed E-state index contributed by atoms with van der Waals surface area (Å²) in [6, 6.07) is 2.20. The van der Waals surface area contributed by atoms with Crippen LogP contribution in [0.4, 0.5) is 10.5 Å². The molecule has 1 fully saturated rings. The summed E-state index contributed by atoms with van der Waals surface area (Å²) in [7, 11) is 2.93. The Kier molecular flexibility index (Phi) is 8.48. The molecule has 2 amide bonds. The van der Waals surface area contributed by atoms with Gasteiger partial charge in [-0.15, -0.1) is 0 Å². The van der Waals surface area contributed by atoms with Crippen LogP contribution in [0, 0.1) is 0 Å². The second-order valence-electron chi connectivity index (χ2n) is 7.72. The maximum atomic E-state index is 13.3. The summed E-state index contributed by atoms with van der Waals surface area (Å²) in [5.74, 6) is 0.170. The van der Waals surface area contributed by atoms with Crippen LogP contribution in [0.3, 0.4) is 0 Å². The summed E-state index contributed by atoms with van der Waals surface area (Å²) >= 11 is 0. The molecule has 176 valence electrons. The monoisotopic (exact) mass is 484 g/mol. The van der Waals surface area contributed by atoms with E-state index in [1.165, 1.54) is 38.6 Å². The molecule has 0 aromatic heterocycles. The lowest BCUT2D eigenvalue weighted by Crippen LogP contribution is -2.51. The third-order valence-electron chi connectivity index (χ3n) is 5.36. The van der Waals surface area contributed by atoms with Crippen LogP contribution < -0.4 is 4.90 Å². The average molecular weight is 485 g/mol. The Balaban J connectivity index is 1.94. The number of fused-ring (bicyclic) bond motifs is 2. The molecule has 0 spiro atoms. The van der Waals surface area contributed by atoms with E-state index in [1.807, 2.05) is 6.92 Å². The van der Waals surface area contributed by atoms with Crippen molar-refractivity contribution >= 4 is 39.3 Å². The number of benzene rings is 1. The highest BCUT2D eigenvalue weighted by Crippen LogP contribution is 2.38. The Hall–Kier alpha value is -1.76. The molecule has 0 saturated carbocycles. The summed E-state index contributed by atoms with van der Waals surface area (Å²) in [5, 5.41) is 39.4. The molecule has 0 bridgehead atoms. The molecule has 3 atom stereocenters. The van der Waals surface area contributed by atoms with Gasteiger partial charge in [0, 0.05) is 17.5 Å². The van der Waals surface area contributed by atoms with Crippen LogP contribution in [-0.2, 0) is 18.0 Å². The van der Waals surface area contributed by atoms with Crippen molar-refractivity contribution < 1.29 is 34.8 Å². The molecule has 2 aliphatic rings. The van der Waals surface area contributed by atoms with Crippen LogP contribution >= 0.6 is 21.6 Å². The highest BCUT2D eigenvalue weighted by Gasteiger charge is 2.46. The predicted octanol–water partition coefficient (Wildman–Crippen LogP) is 1.48. The maximum absolute atomic E-state index is 13.3. The molecule has 3 rings (SSSR count). The van der Waals surface area contributed by atoms with E-state index in [1.54, 1.807) is 0 Å². The molecule has 1 unspecified atom stereocenters. The topological polar surface area (TPSA) is 131 Å². The largest absolute Gasteiger partial charge is 0.448 e. The summed E-state index contributed by atoms with van der Waals surface area (Å²) < 4.78 is 5.46. The van der Waals surface area contributed by atoms with E-state index in [9.17, 15) is 24.9 Å². The van der Waals surface area contributed by atoms with E-state index in [0.29, 0.717) is 23.3 Å². The van der Waals surface area contributed by atoms with E-state index in [2.05, 4.69) is 6.58 Å². The van der Waals surface area contributed by atoms with Crippen LogP contribution in [0.5, 0.6) is 0 Å². The third-order valence-corrected chi connectivity index (χ3v) is 8.20. The zero-order valence-electron chi connectivity index (χ0n) is 17.8. The van der Waals surface area contributed by atoms with Gasteiger partial charge in [0.15, 0.2) is 6.23 Å². The number of anilines is 1. The van der Waals surface area contributed by atoms with Crippen LogP contribution in [0.25, 0.3) is 0 Å². The number of carbonyl (C=O) groups excluding carboxylic acids is 2. The summed E-state index contributed by atoms with van der Waals surface area (Å²) in [4.78, 5) is 28.9. The van der Waals surface area contributed by atoms with Crippen molar-refractivity contribution in [3.8, 4) is 0 Å². The van der Waals surface area contributed by atoms with Crippen molar-refractivity contribution in [3.05, 3.63) is 41.0 Å². The van der Waals surface area contributed by atoms with E-state index in [-0.39, 0.29) is 48.8 Å². The molecule has 1 saturated heterocycles. The molecule has 2 aliphatic heterocycles. The first-order valence-corrected chi connectivity index (χ1v) is 12.6.